The van der Waals surface area contributed by atoms with E-state index >= 15 is 0 Å². The topological polar surface area (TPSA) is 33.3 Å². The average molecular weight is 473 g/mol. The normalized spacial score (nSPS) is 26.2. The van der Waals surface area contributed by atoms with Gasteiger partial charge in [-0.25, -0.2) is 0 Å². The zero-order valence-electron chi connectivity index (χ0n) is 25.5. The Balaban J connectivity index is -0.000000368. The molecule has 3 rings (SSSR count). The van der Waals surface area contributed by atoms with Gasteiger partial charge in [0.05, 0.1) is 0 Å². The standard InChI is InChI=1S/C9H18O.C8H17N.C7H15N.3C2H6/c1-7(2)9-4-5-10-6-8(9)3;1-7(2)8-4-3-5-9-6-8;1-6(2)7-3-4-8-5-7;3*1-2/h7-9H,4-6H2,1-3H3;7-9H,3-6H2,1-2H3;6-8H,3-5H2,1-2H3;3*1-2H3. The van der Waals surface area contributed by atoms with E-state index in [0.29, 0.717) is 0 Å². The molecule has 0 aromatic rings. The van der Waals surface area contributed by atoms with Gasteiger partial charge in [-0.3, -0.25) is 0 Å². The Hall–Kier alpha value is -0.120. The molecule has 0 spiro atoms. The summed E-state index contributed by atoms with van der Waals surface area (Å²) in [6.07, 6.45) is 5.46. The molecule has 3 heterocycles. The van der Waals surface area contributed by atoms with Crippen molar-refractivity contribution in [3.05, 3.63) is 0 Å². The van der Waals surface area contributed by atoms with Gasteiger partial charge in [0.25, 0.3) is 0 Å². The van der Waals surface area contributed by atoms with Crippen LogP contribution in [-0.4, -0.2) is 39.4 Å². The molecule has 2 N–H and O–H groups in total. The monoisotopic (exact) mass is 473 g/mol. The van der Waals surface area contributed by atoms with E-state index in [-0.39, 0.29) is 0 Å². The lowest BCUT2D eigenvalue weighted by Crippen LogP contribution is -2.32. The van der Waals surface area contributed by atoms with Gasteiger partial charge in [-0.15, -0.1) is 0 Å². The molecule has 0 bridgehead atoms. The maximum Gasteiger partial charge on any atom is 0.0494 e. The van der Waals surface area contributed by atoms with E-state index < -0.39 is 0 Å². The third-order valence-corrected chi connectivity index (χ3v) is 6.88. The molecule has 3 aliphatic heterocycles. The van der Waals surface area contributed by atoms with Gasteiger partial charge in [-0.1, -0.05) is 90.0 Å². The van der Waals surface area contributed by atoms with Gasteiger partial charge >= 0.3 is 0 Å². The highest BCUT2D eigenvalue weighted by molar-refractivity contribution is 4.73. The number of nitrogens with one attached hydrogen (secondary N) is 2. The first-order valence-electron chi connectivity index (χ1n) is 14.8. The van der Waals surface area contributed by atoms with Crippen molar-refractivity contribution in [3.8, 4) is 0 Å². The van der Waals surface area contributed by atoms with E-state index in [0.717, 1.165) is 54.6 Å². The second kappa shape index (κ2) is 26.5. The van der Waals surface area contributed by atoms with Gasteiger partial charge in [0.2, 0.25) is 0 Å². The van der Waals surface area contributed by atoms with Gasteiger partial charge in [0, 0.05) is 13.2 Å². The van der Waals surface area contributed by atoms with E-state index in [1.807, 2.05) is 41.5 Å². The summed E-state index contributed by atoms with van der Waals surface area (Å²) < 4.78 is 5.36. The number of ether oxygens (including phenoxy) is 1. The highest BCUT2D eigenvalue weighted by Crippen LogP contribution is 2.27. The number of rotatable bonds is 3. The zero-order chi connectivity index (χ0) is 26.2. The van der Waals surface area contributed by atoms with Crippen LogP contribution in [0.5, 0.6) is 0 Å². The average Bonchev–Trinajstić information content (AvgIpc) is 3.40. The molecule has 204 valence electrons. The number of hydrogen-bond acceptors (Lipinski definition) is 3. The second-order valence-electron chi connectivity index (χ2n) is 10.1. The van der Waals surface area contributed by atoms with Crippen molar-refractivity contribution in [1.29, 1.82) is 0 Å². The second-order valence-corrected chi connectivity index (χ2v) is 10.1. The summed E-state index contributed by atoms with van der Waals surface area (Å²) in [7, 11) is 0. The molecule has 0 aromatic heterocycles. The van der Waals surface area contributed by atoms with Crippen molar-refractivity contribution in [1.82, 2.24) is 10.6 Å². The van der Waals surface area contributed by atoms with Crippen LogP contribution in [0.1, 0.15) is 116 Å². The van der Waals surface area contributed by atoms with E-state index in [1.54, 1.807) is 0 Å². The molecule has 3 heteroatoms. The fraction of sp³-hybridized carbons (Fsp3) is 1.00. The lowest BCUT2D eigenvalue weighted by Gasteiger charge is -2.31. The van der Waals surface area contributed by atoms with Crippen molar-refractivity contribution in [2.24, 2.45) is 41.4 Å². The van der Waals surface area contributed by atoms with E-state index in [4.69, 9.17) is 4.74 Å². The minimum Gasteiger partial charge on any atom is -0.381 e. The SMILES string of the molecule is CC.CC.CC.CC(C)C1CCCNC1.CC(C)C1CCNC1.CC(C)C1CCOCC1C. The Morgan fingerprint density at radius 3 is 1.39 bits per heavy atom. The Kier molecular flexibility index (Phi) is 30.0. The minimum atomic E-state index is 0.772. The lowest BCUT2D eigenvalue weighted by molar-refractivity contribution is 0.00874. The van der Waals surface area contributed by atoms with Gasteiger partial charge in [-0.05, 0) is 93.3 Å². The fourth-order valence-electron chi connectivity index (χ4n) is 4.58. The van der Waals surface area contributed by atoms with Gasteiger partial charge in [0.1, 0.15) is 0 Å². The third-order valence-electron chi connectivity index (χ3n) is 6.88. The molecule has 4 unspecified atom stereocenters. The molecule has 3 fully saturated rings. The molecule has 33 heavy (non-hydrogen) atoms. The predicted molar refractivity (Wildman–Crippen MR) is 153 cm³/mol. The number of piperidine rings is 1. The first-order chi connectivity index (χ1) is 15.8. The molecule has 0 amide bonds. The molecule has 3 nitrogen and oxygen atoms in total. The summed E-state index contributed by atoms with van der Waals surface area (Å²) in [5.41, 5.74) is 0. The first-order valence-corrected chi connectivity index (χ1v) is 14.8. The van der Waals surface area contributed by atoms with Crippen molar-refractivity contribution in [2.75, 3.05) is 39.4 Å². The first kappa shape index (κ1) is 37.4. The van der Waals surface area contributed by atoms with Crippen molar-refractivity contribution >= 4 is 0 Å². The largest absolute Gasteiger partial charge is 0.381 e. The van der Waals surface area contributed by atoms with Crippen LogP contribution in [0.4, 0.5) is 0 Å². The van der Waals surface area contributed by atoms with Crippen LogP contribution in [-0.2, 0) is 4.74 Å². The highest BCUT2D eigenvalue weighted by Gasteiger charge is 2.24. The molecule has 0 radical (unpaired) electrons. The smallest absolute Gasteiger partial charge is 0.0494 e. The van der Waals surface area contributed by atoms with E-state index in [9.17, 15) is 0 Å². The van der Waals surface area contributed by atoms with Crippen LogP contribution in [0.15, 0.2) is 0 Å². The van der Waals surface area contributed by atoms with Crippen molar-refractivity contribution < 1.29 is 4.74 Å². The molecular weight excluding hydrogens is 404 g/mol. The van der Waals surface area contributed by atoms with Crippen molar-refractivity contribution in [3.63, 3.8) is 0 Å². The summed E-state index contributed by atoms with van der Waals surface area (Å²) in [6, 6.07) is 0. The van der Waals surface area contributed by atoms with Crippen LogP contribution < -0.4 is 10.6 Å². The Labute approximate surface area is 212 Å². The maximum atomic E-state index is 5.36. The summed E-state index contributed by atoms with van der Waals surface area (Å²) >= 11 is 0. The van der Waals surface area contributed by atoms with Crippen LogP contribution in [0, 0.1) is 41.4 Å². The predicted octanol–water partition coefficient (Wildman–Crippen LogP) is 8.29. The molecule has 0 saturated carbocycles. The summed E-state index contributed by atoms with van der Waals surface area (Å²) in [6.45, 7) is 35.1. The van der Waals surface area contributed by atoms with Crippen LogP contribution >= 0.6 is 0 Å². The van der Waals surface area contributed by atoms with Gasteiger partial charge in [-0.2, -0.15) is 0 Å². The summed E-state index contributed by atoms with van der Waals surface area (Å²) in [4.78, 5) is 0. The van der Waals surface area contributed by atoms with E-state index in [2.05, 4.69) is 59.1 Å². The van der Waals surface area contributed by atoms with E-state index in [1.165, 1.54) is 51.9 Å². The molecule has 0 aromatic carbocycles. The van der Waals surface area contributed by atoms with Gasteiger partial charge in [0.15, 0.2) is 0 Å². The highest BCUT2D eigenvalue weighted by atomic mass is 16.5. The Morgan fingerprint density at radius 1 is 0.636 bits per heavy atom. The van der Waals surface area contributed by atoms with Crippen molar-refractivity contribution in [2.45, 2.75) is 116 Å². The molecule has 3 saturated heterocycles. The molecule has 3 aliphatic rings. The Morgan fingerprint density at radius 2 is 1.12 bits per heavy atom. The summed E-state index contributed by atoms with van der Waals surface area (Å²) in [5.74, 6) is 6.15. The fourth-order valence-corrected chi connectivity index (χ4v) is 4.58. The minimum absolute atomic E-state index is 0.772. The number of hydrogen-bond donors (Lipinski definition) is 2. The molecule has 0 aliphatic carbocycles. The zero-order valence-corrected chi connectivity index (χ0v) is 25.5. The Bertz CT molecular complexity index is 345. The quantitative estimate of drug-likeness (QED) is 0.433. The molecular formula is C30H68N2O. The van der Waals surface area contributed by atoms with Crippen LogP contribution in [0.3, 0.4) is 0 Å². The van der Waals surface area contributed by atoms with Gasteiger partial charge < -0.3 is 15.4 Å². The van der Waals surface area contributed by atoms with Crippen LogP contribution in [0.2, 0.25) is 0 Å². The van der Waals surface area contributed by atoms with Crippen LogP contribution in [0.25, 0.3) is 0 Å². The third kappa shape index (κ3) is 19.8. The molecule has 4 atom stereocenters. The maximum absolute atomic E-state index is 5.36. The summed E-state index contributed by atoms with van der Waals surface area (Å²) in [5, 5.41) is 6.77. The lowest BCUT2D eigenvalue weighted by atomic mass is 9.81.